The molecule has 0 saturated heterocycles. The van der Waals surface area contributed by atoms with Gasteiger partial charge in [0.15, 0.2) is 11.1 Å². The predicted molar refractivity (Wildman–Crippen MR) is 55.1 cm³/mol. The fourth-order valence-electron chi connectivity index (χ4n) is 1.84. The highest BCUT2D eigenvalue weighted by Gasteiger charge is 2.15. The Morgan fingerprint density at radius 1 is 1.50 bits per heavy atom. The molecule has 0 aliphatic heterocycles. The Kier molecular flexibility index (Phi) is 5.59. The maximum Gasteiger partial charge on any atom is 0.201 e. The molecule has 5 heteroatoms. The average Bonchev–Trinajstić information content (AvgIpc) is 2.64. The molecule has 0 spiro atoms. The molecule has 0 heterocycles. The molecule has 0 radical (unpaired) electrons. The van der Waals surface area contributed by atoms with Crippen molar-refractivity contribution in [3.63, 3.8) is 0 Å². The normalized spacial score (nSPS) is 22.4. The Hall–Kier alpha value is -0.0000000000000000486. The standard InChI is InChI=1S/C9H18FNO2S/c10-9(14(12)13)5-6-11-7-8-3-1-2-4-8/h8-9,11H,1-7H2,(H,12,13). The summed E-state index contributed by atoms with van der Waals surface area (Å²) in [5.74, 6) is 0.729. The summed E-state index contributed by atoms with van der Waals surface area (Å²) in [4.78, 5) is 0. The highest BCUT2D eigenvalue weighted by atomic mass is 32.2. The van der Waals surface area contributed by atoms with Crippen LogP contribution < -0.4 is 5.32 Å². The number of hydrogen-bond donors (Lipinski definition) is 2. The largest absolute Gasteiger partial charge is 0.316 e. The summed E-state index contributed by atoms with van der Waals surface area (Å²) in [6.45, 7) is 1.41. The second-order valence-corrected chi connectivity index (χ2v) is 4.89. The summed E-state index contributed by atoms with van der Waals surface area (Å²) in [7, 11) is 0. The summed E-state index contributed by atoms with van der Waals surface area (Å²) in [6, 6.07) is 0. The van der Waals surface area contributed by atoms with Crippen LogP contribution in [0.5, 0.6) is 0 Å². The van der Waals surface area contributed by atoms with E-state index in [1.807, 2.05) is 0 Å². The molecular formula is C9H18FNO2S. The van der Waals surface area contributed by atoms with Crippen molar-refractivity contribution >= 4 is 11.1 Å². The van der Waals surface area contributed by atoms with Crippen LogP contribution in [-0.2, 0) is 11.1 Å². The molecule has 1 saturated carbocycles. The van der Waals surface area contributed by atoms with Crippen molar-refractivity contribution in [1.82, 2.24) is 5.32 Å². The maximum atomic E-state index is 12.6. The van der Waals surface area contributed by atoms with E-state index < -0.39 is 16.6 Å². The first kappa shape index (κ1) is 12.1. The van der Waals surface area contributed by atoms with E-state index in [1.54, 1.807) is 0 Å². The lowest BCUT2D eigenvalue weighted by Crippen LogP contribution is -2.25. The van der Waals surface area contributed by atoms with Crippen LogP contribution in [-0.4, -0.2) is 27.4 Å². The van der Waals surface area contributed by atoms with Crippen molar-refractivity contribution in [3.8, 4) is 0 Å². The zero-order valence-corrected chi connectivity index (χ0v) is 9.06. The SMILES string of the molecule is O=S(O)C(F)CCNCC1CCCC1. The quantitative estimate of drug-likeness (QED) is 0.532. The van der Waals surface area contributed by atoms with Gasteiger partial charge in [0.25, 0.3) is 0 Å². The van der Waals surface area contributed by atoms with Crippen LogP contribution in [0.25, 0.3) is 0 Å². The minimum Gasteiger partial charge on any atom is -0.316 e. The van der Waals surface area contributed by atoms with E-state index in [1.165, 1.54) is 25.7 Å². The first-order chi connectivity index (χ1) is 6.70. The number of hydrogen-bond acceptors (Lipinski definition) is 2. The third-order valence-electron chi connectivity index (χ3n) is 2.67. The van der Waals surface area contributed by atoms with Gasteiger partial charge in [0.2, 0.25) is 5.50 Å². The van der Waals surface area contributed by atoms with Gasteiger partial charge in [-0.3, -0.25) is 0 Å². The number of rotatable bonds is 6. The van der Waals surface area contributed by atoms with Crippen LogP contribution in [0.1, 0.15) is 32.1 Å². The molecule has 1 aliphatic carbocycles. The van der Waals surface area contributed by atoms with Gasteiger partial charge in [0, 0.05) is 6.42 Å². The topological polar surface area (TPSA) is 49.3 Å². The molecule has 0 bridgehead atoms. The molecule has 0 aromatic heterocycles. The summed E-state index contributed by atoms with van der Waals surface area (Å²) < 4.78 is 31.3. The van der Waals surface area contributed by atoms with Gasteiger partial charge in [0.1, 0.15) is 0 Å². The minimum absolute atomic E-state index is 0.121. The number of nitrogens with one attached hydrogen (secondary N) is 1. The van der Waals surface area contributed by atoms with Gasteiger partial charge in [-0.15, -0.1) is 0 Å². The number of alkyl halides is 1. The van der Waals surface area contributed by atoms with Crippen LogP contribution in [0.2, 0.25) is 0 Å². The fourth-order valence-corrected chi connectivity index (χ4v) is 2.16. The van der Waals surface area contributed by atoms with E-state index in [0.29, 0.717) is 6.54 Å². The molecule has 0 aromatic carbocycles. The molecule has 1 fully saturated rings. The van der Waals surface area contributed by atoms with E-state index in [-0.39, 0.29) is 6.42 Å². The van der Waals surface area contributed by atoms with Gasteiger partial charge >= 0.3 is 0 Å². The van der Waals surface area contributed by atoms with Crippen molar-refractivity contribution < 1.29 is 13.2 Å². The van der Waals surface area contributed by atoms with E-state index in [9.17, 15) is 8.60 Å². The highest BCUT2D eigenvalue weighted by Crippen LogP contribution is 2.23. The Bertz CT molecular complexity index is 186. The van der Waals surface area contributed by atoms with Crippen LogP contribution in [0.15, 0.2) is 0 Å². The minimum atomic E-state index is -2.32. The average molecular weight is 223 g/mol. The molecule has 0 amide bonds. The van der Waals surface area contributed by atoms with Crippen LogP contribution in [0.3, 0.4) is 0 Å². The van der Waals surface area contributed by atoms with Gasteiger partial charge in [-0.25, -0.2) is 8.60 Å². The van der Waals surface area contributed by atoms with Crippen molar-refractivity contribution in [2.45, 2.75) is 37.6 Å². The van der Waals surface area contributed by atoms with Gasteiger partial charge in [-0.1, -0.05) is 12.8 Å². The molecule has 84 valence electrons. The van der Waals surface area contributed by atoms with Gasteiger partial charge < -0.3 is 9.87 Å². The Labute approximate surface area is 86.7 Å². The molecule has 1 rings (SSSR count). The van der Waals surface area contributed by atoms with Crippen LogP contribution in [0.4, 0.5) is 4.39 Å². The first-order valence-electron chi connectivity index (χ1n) is 5.14. The van der Waals surface area contributed by atoms with Crippen molar-refractivity contribution in [3.05, 3.63) is 0 Å². The van der Waals surface area contributed by atoms with Crippen LogP contribution in [0, 0.1) is 5.92 Å². The van der Waals surface area contributed by atoms with Gasteiger partial charge in [-0.05, 0) is 31.8 Å². The van der Waals surface area contributed by atoms with Crippen molar-refractivity contribution in [2.24, 2.45) is 5.92 Å². The molecule has 2 unspecified atom stereocenters. The van der Waals surface area contributed by atoms with E-state index in [0.717, 1.165) is 12.5 Å². The molecule has 2 N–H and O–H groups in total. The molecule has 1 aliphatic rings. The third kappa shape index (κ3) is 4.48. The molecule has 14 heavy (non-hydrogen) atoms. The van der Waals surface area contributed by atoms with E-state index in [4.69, 9.17) is 4.55 Å². The predicted octanol–water partition coefficient (Wildman–Crippen LogP) is 1.67. The monoisotopic (exact) mass is 223 g/mol. The van der Waals surface area contributed by atoms with Gasteiger partial charge in [-0.2, -0.15) is 0 Å². The van der Waals surface area contributed by atoms with Crippen molar-refractivity contribution in [1.29, 1.82) is 0 Å². The maximum absolute atomic E-state index is 12.6. The summed E-state index contributed by atoms with van der Waals surface area (Å²) >= 11 is -2.32. The second-order valence-electron chi connectivity index (χ2n) is 3.83. The zero-order chi connectivity index (χ0) is 10.4. The fraction of sp³-hybridized carbons (Fsp3) is 1.00. The van der Waals surface area contributed by atoms with Gasteiger partial charge in [0.05, 0.1) is 0 Å². The highest BCUT2D eigenvalue weighted by molar-refractivity contribution is 7.79. The van der Waals surface area contributed by atoms with E-state index in [2.05, 4.69) is 5.32 Å². The lowest BCUT2D eigenvalue weighted by atomic mass is 10.1. The van der Waals surface area contributed by atoms with E-state index >= 15 is 0 Å². The second kappa shape index (κ2) is 6.48. The third-order valence-corrected chi connectivity index (χ3v) is 3.35. The zero-order valence-electron chi connectivity index (χ0n) is 8.25. The smallest absolute Gasteiger partial charge is 0.201 e. The molecule has 0 aromatic rings. The first-order valence-corrected chi connectivity index (χ1v) is 6.31. The lowest BCUT2D eigenvalue weighted by molar-refractivity contribution is 0.377. The Balaban J connectivity index is 1.95. The molecule has 3 nitrogen and oxygen atoms in total. The Morgan fingerprint density at radius 3 is 2.71 bits per heavy atom. The summed E-state index contributed by atoms with van der Waals surface area (Å²) in [6.07, 6.45) is 5.25. The van der Waals surface area contributed by atoms with Crippen molar-refractivity contribution in [2.75, 3.05) is 13.1 Å². The van der Waals surface area contributed by atoms with Crippen LogP contribution >= 0.6 is 0 Å². The number of halogens is 1. The summed E-state index contributed by atoms with van der Waals surface area (Å²) in [5, 5.41) is 3.13. The Morgan fingerprint density at radius 2 is 2.14 bits per heavy atom. The lowest BCUT2D eigenvalue weighted by Gasteiger charge is -2.10. The summed E-state index contributed by atoms with van der Waals surface area (Å²) in [5.41, 5.74) is -1.61. The molecule has 2 atom stereocenters. The molecular weight excluding hydrogens is 205 g/mol.